The van der Waals surface area contributed by atoms with Crippen LogP contribution in [0.15, 0.2) is 109 Å². The molecule has 178 valence electrons. The van der Waals surface area contributed by atoms with Crippen LogP contribution in [0.25, 0.3) is 0 Å². The van der Waals surface area contributed by atoms with Gasteiger partial charge in [0.05, 0.1) is 5.41 Å². The van der Waals surface area contributed by atoms with Gasteiger partial charge in [0.1, 0.15) is 5.75 Å². The Morgan fingerprint density at radius 3 is 1.80 bits per heavy atom. The second-order valence-corrected chi connectivity index (χ2v) is 9.79. The Hall–Kier alpha value is -3.36. The van der Waals surface area contributed by atoms with Gasteiger partial charge < -0.3 is 5.11 Å². The predicted molar refractivity (Wildman–Crippen MR) is 145 cm³/mol. The monoisotopic (exact) mass is 461 g/mol. The number of fused-ring (bicyclic) bond motifs is 1. The van der Waals surface area contributed by atoms with Crippen molar-refractivity contribution in [3.05, 3.63) is 137 Å². The van der Waals surface area contributed by atoms with Crippen molar-refractivity contribution in [3.63, 3.8) is 0 Å². The lowest BCUT2D eigenvalue weighted by atomic mass is 9.68. The molecule has 1 unspecified atom stereocenters. The van der Waals surface area contributed by atoms with E-state index in [-0.39, 0.29) is 5.41 Å². The van der Waals surface area contributed by atoms with Crippen LogP contribution < -0.4 is 0 Å². The lowest BCUT2D eigenvalue weighted by Crippen LogP contribution is -2.49. The number of hydrogen-bond acceptors (Lipinski definition) is 2. The highest BCUT2D eigenvalue weighted by molar-refractivity contribution is 5.51. The summed E-state index contributed by atoms with van der Waals surface area (Å²) in [5.74, 6) is 0.454. The fraction of sp³-hybridized carbons (Fsp3) is 0.273. The summed E-state index contributed by atoms with van der Waals surface area (Å²) in [4.78, 5) is 2.72. The van der Waals surface area contributed by atoms with Gasteiger partial charge in [-0.05, 0) is 66.1 Å². The van der Waals surface area contributed by atoms with Gasteiger partial charge in [0.25, 0.3) is 0 Å². The van der Waals surface area contributed by atoms with E-state index in [4.69, 9.17) is 0 Å². The molecule has 2 nitrogen and oxygen atoms in total. The van der Waals surface area contributed by atoms with Crippen LogP contribution in [0.5, 0.6) is 5.75 Å². The van der Waals surface area contributed by atoms with E-state index in [1.54, 1.807) is 0 Å². The van der Waals surface area contributed by atoms with Crippen molar-refractivity contribution in [2.45, 2.75) is 44.1 Å². The maximum absolute atomic E-state index is 10.4. The van der Waals surface area contributed by atoms with Gasteiger partial charge in [-0.1, -0.05) is 110 Å². The smallest absolute Gasteiger partial charge is 0.119 e. The molecule has 1 aliphatic rings. The van der Waals surface area contributed by atoms with E-state index in [1.165, 1.54) is 22.3 Å². The summed E-state index contributed by atoms with van der Waals surface area (Å²) in [6, 6.07) is 39.5. The molecule has 0 saturated carbocycles. The van der Waals surface area contributed by atoms with Gasteiger partial charge in [-0.15, -0.1) is 0 Å². The molecule has 0 aromatic heterocycles. The molecule has 1 N–H and O–H groups in total. The van der Waals surface area contributed by atoms with E-state index in [9.17, 15) is 5.11 Å². The zero-order chi connectivity index (χ0) is 24.1. The van der Waals surface area contributed by atoms with Gasteiger partial charge in [0.15, 0.2) is 0 Å². The molecule has 0 heterocycles. The fourth-order valence-electron chi connectivity index (χ4n) is 6.00. The minimum Gasteiger partial charge on any atom is -0.508 e. The zero-order valence-corrected chi connectivity index (χ0v) is 20.6. The van der Waals surface area contributed by atoms with E-state index in [1.807, 2.05) is 12.1 Å². The molecule has 0 saturated heterocycles. The average molecular weight is 462 g/mol. The highest BCUT2D eigenvalue weighted by Gasteiger charge is 2.40. The summed E-state index contributed by atoms with van der Waals surface area (Å²) in [5, 5.41) is 10.4. The molecule has 0 fully saturated rings. The van der Waals surface area contributed by atoms with Gasteiger partial charge >= 0.3 is 0 Å². The van der Waals surface area contributed by atoms with Gasteiger partial charge in [0.2, 0.25) is 0 Å². The Balaban J connectivity index is 1.62. The molecule has 0 amide bonds. The lowest BCUT2D eigenvalue weighted by Gasteiger charge is -2.44. The maximum Gasteiger partial charge on any atom is 0.119 e. The van der Waals surface area contributed by atoms with E-state index < -0.39 is 0 Å². The van der Waals surface area contributed by atoms with Crippen LogP contribution in [0.3, 0.4) is 0 Å². The third kappa shape index (κ3) is 4.63. The standard InChI is InChI=1S/C33H35NO/c1-2-23-34(30-21-22-31-26(24-30)13-12-20-32(31)35)25-33(27-14-6-3-7-15-27,28-16-8-4-9-17-28)29-18-10-5-11-19-29/h3-20,30,35H,2,21-25H2,1H3. The first kappa shape index (κ1) is 23.4. The Morgan fingerprint density at radius 1 is 0.743 bits per heavy atom. The Bertz CT molecular complexity index is 1120. The molecule has 35 heavy (non-hydrogen) atoms. The normalized spacial score (nSPS) is 15.7. The quantitative estimate of drug-likeness (QED) is 0.286. The van der Waals surface area contributed by atoms with Gasteiger partial charge in [-0.2, -0.15) is 0 Å². The number of phenols is 1. The minimum atomic E-state index is -0.280. The van der Waals surface area contributed by atoms with E-state index in [2.05, 4.69) is 109 Å². The minimum absolute atomic E-state index is 0.280. The molecule has 5 rings (SSSR count). The summed E-state index contributed by atoms with van der Waals surface area (Å²) in [6.07, 6.45) is 4.09. The fourth-order valence-corrected chi connectivity index (χ4v) is 6.00. The third-order valence-electron chi connectivity index (χ3n) is 7.70. The van der Waals surface area contributed by atoms with Crippen LogP contribution in [-0.4, -0.2) is 29.1 Å². The summed E-state index contributed by atoms with van der Waals surface area (Å²) in [7, 11) is 0. The maximum atomic E-state index is 10.4. The second-order valence-electron chi connectivity index (χ2n) is 9.79. The lowest BCUT2D eigenvalue weighted by molar-refractivity contribution is 0.158. The van der Waals surface area contributed by atoms with Crippen LogP contribution in [0.4, 0.5) is 0 Å². The summed E-state index contributed by atoms with van der Waals surface area (Å²) < 4.78 is 0. The van der Waals surface area contributed by atoms with Crippen LogP contribution in [-0.2, 0) is 18.3 Å². The molecule has 2 heteroatoms. The van der Waals surface area contributed by atoms with Crippen molar-refractivity contribution >= 4 is 0 Å². The molecule has 4 aromatic rings. The predicted octanol–water partition coefficient (Wildman–Crippen LogP) is 7.00. The Labute approximate surface area is 209 Å². The van der Waals surface area contributed by atoms with Crippen molar-refractivity contribution < 1.29 is 5.11 Å². The molecule has 0 spiro atoms. The Kier molecular flexibility index (Phi) is 7.01. The number of hydrogen-bond donors (Lipinski definition) is 1. The Morgan fingerprint density at radius 2 is 1.29 bits per heavy atom. The van der Waals surface area contributed by atoms with E-state index in [0.717, 1.165) is 44.3 Å². The summed E-state index contributed by atoms with van der Waals surface area (Å²) >= 11 is 0. The summed E-state index contributed by atoms with van der Waals surface area (Å²) in [6.45, 7) is 4.25. The first-order valence-electron chi connectivity index (χ1n) is 12.9. The molecule has 1 atom stereocenters. The van der Waals surface area contributed by atoms with Crippen molar-refractivity contribution in [2.24, 2.45) is 0 Å². The molecule has 1 aliphatic carbocycles. The number of phenolic OH excluding ortho intramolecular Hbond substituents is 1. The van der Waals surface area contributed by atoms with Crippen molar-refractivity contribution in [2.75, 3.05) is 13.1 Å². The first-order valence-corrected chi connectivity index (χ1v) is 12.9. The van der Waals surface area contributed by atoms with Crippen LogP contribution in [0.2, 0.25) is 0 Å². The van der Waals surface area contributed by atoms with Crippen molar-refractivity contribution in [1.29, 1.82) is 0 Å². The number of nitrogens with zero attached hydrogens (tertiary/aromatic N) is 1. The number of rotatable bonds is 8. The summed E-state index contributed by atoms with van der Waals surface area (Å²) in [5.41, 5.74) is 6.14. The topological polar surface area (TPSA) is 23.5 Å². The molecule has 4 aromatic carbocycles. The van der Waals surface area contributed by atoms with E-state index in [0.29, 0.717) is 11.8 Å². The first-order chi connectivity index (χ1) is 17.2. The molecule has 0 aliphatic heterocycles. The van der Waals surface area contributed by atoms with Crippen LogP contribution >= 0.6 is 0 Å². The van der Waals surface area contributed by atoms with Crippen molar-refractivity contribution in [1.82, 2.24) is 4.90 Å². The highest BCUT2D eigenvalue weighted by atomic mass is 16.3. The van der Waals surface area contributed by atoms with Crippen molar-refractivity contribution in [3.8, 4) is 5.75 Å². The van der Waals surface area contributed by atoms with Gasteiger partial charge in [-0.25, -0.2) is 0 Å². The molecule has 0 bridgehead atoms. The van der Waals surface area contributed by atoms with Gasteiger partial charge in [-0.3, -0.25) is 4.90 Å². The third-order valence-corrected chi connectivity index (χ3v) is 7.70. The number of benzene rings is 4. The zero-order valence-electron chi connectivity index (χ0n) is 20.6. The average Bonchev–Trinajstić information content (AvgIpc) is 2.92. The largest absolute Gasteiger partial charge is 0.508 e. The van der Waals surface area contributed by atoms with E-state index >= 15 is 0 Å². The SMILES string of the molecule is CCCN(CC(c1ccccc1)(c1ccccc1)c1ccccc1)C1CCc2c(O)cccc2C1. The number of aromatic hydroxyl groups is 1. The highest BCUT2D eigenvalue weighted by Crippen LogP contribution is 2.41. The van der Waals surface area contributed by atoms with Gasteiger partial charge in [0, 0.05) is 12.6 Å². The molecular formula is C33H35NO. The van der Waals surface area contributed by atoms with Crippen LogP contribution in [0, 0.1) is 0 Å². The van der Waals surface area contributed by atoms with Crippen LogP contribution in [0.1, 0.15) is 47.6 Å². The molecular weight excluding hydrogens is 426 g/mol. The second kappa shape index (κ2) is 10.5. The molecule has 0 radical (unpaired) electrons.